The number of likely N-dealkylation sites (N-methyl/N-ethyl adjacent to an activating group) is 1. The molecule has 0 fully saturated rings. The molecular formula is C84H147NO8P+. The number of carbonyl (C=O) groups is 2. The third kappa shape index (κ3) is 77.2. The molecule has 0 aliphatic rings. The van der Waals surface area contributed by atoms with E-state index in [1.54, 1.807) is 0 Å². The van der Waals surface area contributed by atoms with Gasteiger partial charge in [0.25, 0.3) is 0 Å². The number of hydrogen-bond acceptors (Lipinski definition) is 7. The van der Waals surface area contributed by atoms with Crippen LogP contribution in [0.4, 0.5) is 0 Å². The first kappa shape index (κ1) is 90.2. The normalized spacial score (nSPS) is 13.8. The number of hydrogen-bond donors (Lipinski definition) is 1. The van der Waals surface area contributed by atoms with Crippen molar-refractivity contribution in [2.45, 2.75) is 341 Å². The molecule has 0 bridgehead atoms. The van der Waals surface area contributed by atoms with Gasteiger partial charge in [-0.25, -0.2) is 4.57 Å². The highest BCUT2D eigenvalue weighted by Gasteiger charge is 2.27. The van der Waals surface area contributed by atoms with Crippen molar-refractivity contribution in [1.82, 2.24) is 0 Å². The Balaban J connectivity index is 3.96. The zero-order valence-corrected chi connectivity index (χ0v) is 62.6. The predicted molar refractivity (Wildman–Crippen MR) is 408 cm³/mol. The van der Waals surface area contributed by atoms with Gasteiger partial charge >= 0.3 is 19.8 Å². The lowest BCUT2D eigenvalue weighted by Gasteiger charge is -2.24. The van der Waals surface area contributed by atoms with Crippen molar-refractivity contribution in [3.63, 3.8) is 0 Å². The summed E-state index contributed by atoms with van der Waals surface area (Å²) in [4.78, 5) is 36.0. The van der Waals surface area contributed by atoms with Crippen molar-refractivity contribution in [3.05, 3.63) is 134 Å². The molecule has 540 valence electrons. The van der Waals surface area contributed by atoms with Gasteiger partial charge in [-0.1, -0.05) is 347 Å². The number of phosphoric acid groups is 1. The number of nitrogens with zero attached hydrogens (tertiary/aromatic N) is 1. The highest BCUT2D eigenvalue weighted by Crippen LogP contribution is 2.43. The molecule has 94 heavy (non-hydrogen) atoms. The fraction of sp³-hybridized carbons (Fsp3) is 0.714. The van der Waals surface area contributed by atoms with E-state index in [-0.39, 0.29) is 32.0 Å². The Morgan fingerprint density at radius 3 is 0.851 bits per heavy atom. The number of carbonyl (C=O) groups excluding carboxylic acids is 2. The van der Waals surface area contributed by atoms with Crippen LogP contribution < -0.4 is 0 Å². The molecule has 2 atom stereocenters. The van der Waals surface area contributed by atoms with Gasteiger partial charge in [-0.2, -0.15) is 0 Å². The van der Waals surface area contributed by atoms with Crippen LogP contribution in [0.25, 0.3) is 0 Å². The Kier molecular flexibility index (Phi) is 70.4. The van der Waals surface area contributed by atoms with Gasteiger partial charge in [-0.15, -0.1) is 0 Å². The fourth-order valence-electron chi connectivity index (χ4n) is 10.8. The highest BCUT2D eigenvalue weighted by molar-refractivity contribution is 7.47. The van der Waals surface area contributed by atoms with E-state index in [1.165, 1.54) is 199 Å². The molecule has 0 aromatic rings. The first-order chi connectivity index (χ1) is 46.0. The summed E-state index contributed by atoms with van der Waals surface area (Å²) >= 11 is 0. The van der Waals surface area contributed by atoms with Crippen molar-refractivity contribution in [1.29, 1.82) is 0 Å². The summed E-state index contributed by atoms with van der Waals surface area (Å²) < 4.78 is 34.8. The van der Waals surface area contributed by atoms with Crippen LogP contribution in [-0.2, 0) is 32.7 Å². The number of rotatable bonds is 71. The Morgan fingerprint density at radius 2 is 0.574 bits per heavy atom. The number of unbranched alkanes of at least 4 members (excludes halogenated alkanes) is 35. The molecule has 0 aliphatic heterocycles. The number of phosphoric ester groups is 1. The Morgan fingerprint density at radius 1 is 0.330 bits per heavy atom. The first-order valence-corrected chi connectivity index (χ1v) is 40.4. The minimum Gasteiger partial charge on any atom is -0.462 e. The Bertz CT molecular complexity index is 2050. The van der Waals surface area contributed by atoms with Gasteiger partial charge in [0.15, 0.2) is 6.10 Å². The van der Waals surface area contributed by atoms with Crippen LogP contribution in [0.1, 0.15) is 335 Å². The summed E-state index contributed by atoms with van der Waals surface area (Å²) in [6, 6.07) is 0. The zero-order chi connectivity index (χ0) is 68.3. The second-order valence-electron chi connectivity index (χ2n) is 27.0. The van der Waals surface area contributed by atoms with Crippen molar-refractivity contribution in [3.8, 4) is 0 Å². The van der Waals surface area contributed by atoms with Gasteiger partial charge < -0.3 is 18.9 Å². The molecule has 2 unspecified atom stereocenters. The van der Waals surface area contributed by atoms with Gasteiger partial charge in [0.05, 0.1) is 27.7 Å². The van der Waals surface area contributed by atoms with E-state index in [0.29, 0.717) is 17.4 Å². The SMILES string of the molecule is CC/C=C\C/C=C\C/C=C\C/C=C\C/C=C\C/C=C\C/C=C\CCCCCCCCCCCCCCCCCCCCCC(=O)OC(COC(=O)CCCCCCCCCCCCCCCCCC/C=C\C/C=C\C/C=C\C/C=C\CC)COP(=O)(O)OCC[N+](C)(C)C. The van der Waals surface area contributed by atoms with Crippen LogP contribution in [0, 0.1) is 0 Å². The molecule has 0 aliphatic carbocycles. The summed E-state index contributed by atoms with van der Waals surface area (Å²) in [5.74, 6) is -0.787. The van der Waals surface area contributed by atoms with Gasteiger partial charge in [0, 0.05) is 12.8 Å². The van der Waals surface area contributed by atoms with Crippen LogP contribution in [0.15, 0.2) is 134 Å². The number of quaternary nitrogens is 1. The number of esters is 2. The van der Waals surface area contributed by atoms with E-state index < -0.39 is 26.5 Å². The van der Waals surface area contributed by atoms with Gasteiger partial charge in [0.2, 0.25) is 0 Å². The maximum absolute atomic E-state index is 12.9. The molecular weight excluding hydrogens is 1180 g/mol. The fourth-order valence-corrected chi connectivity index (χ4v) is 11.6. The van der Waals surface area contributed by atoms with Crippen LogP contribution in [0.2, 0.25) is 0 Å². The van der Waals surface area contributed by atoms with Gasteiger partial charge in [-0.05, 0) is 109 Å². The molecule has 1 N–H and O–H groups in total. The maximum atomic E-state index is 12.9. The lowest BCUT2D eigenvalue weighted by atomic mass is 10.0. The lowest BCUT2D eigenvalue weighted by molar-refractivity contribution is -0.870. The molecule has 0 spiro atoms. The number of ether oxygens (including phenoxy) is 2. The van der Waals surface area contributed by atoms with Crippen molar-refractivity contribution in [2.75, 3.05) is 47.5 Å². The standard InChI is InChI=1S/C84H146NO8P/c1-6-8-10-12-14-16-18-20-22-24-26-28-30-32-34-36-37-38-39-40-41-42-43-44-45-46-47-49-51-53-55-57-59-61-63-65-67-69-71-73-75-77-84(87)93-82(81-92-94(88,89)91-79-78-85(3,4)5)80-90-83(86)76-74-72-70-68-66-64-62-60-58-56-54-52-50-48-35-33-31-29-27-25-23-21-19-17-15-13-11-9-7-2/h8-11,14-17,20-23,26-29,32,34,37-38,40-41,82H,6-7,12-13,18-19,24-25,30-31,33,35-36,39,42-81H2,1-5H3/p+1/b10-8-,11-9-,16-14-,17-15-,22-20-,23-21-,28-26-,29-27-,34-32-,38-37-,41-40-. The third-order valence-electron chi connectivity index (χ3n) is 16.7. The van der Waals surface area contributed by atoms with E-state index in [9.17, 15) is 19.0 Å². The van der Waals surface area contributed by atoms with E-state index >= 15 is 0 Å². The summed E-state index contributed by atoms with van der Waals surface area (Å²) in [7, 11) is 1.48. The Labute approximate surface area is 581 Å². The first-order valence-electron chi connectivity index (χ1n) is 38.9. The molecule has 0 heterocycles. The lowest BCUT2D eigenvalue weighted by Crippen LogP contribution is -2.37. The van der Waals surface area contributed by atoms with Crippen LogP contribution >= 0.6 is 7.82 Å². The number of allylic oxidation sites excluding steroid dienone is 22. The molecule has 0 radical (unpaired) electrons. The van der Waals surface area contributed by atoms with Crippen molar-refractivity contribution >= 4 is 19.8 Å². The molecule has 0 amide bonds. The average molecular weight is 1330 g/mol. The highest BCUT2D eigenvalue weighted by atomic mass is 31.2. The second-order valence-corrected chi connectivity index (χ2v) is 28.4. The van der Waals surface area contributed by atoms with E-state index in [0.717, 1.165) is 103 Å². The molecule has 10 heteroatoms. The predicted octanol–water partition coefficient (Wildman–Crippen LogP) is 25.9. The van der Waals surface area contributed by atoms with E-state index in [2.05, 4.69) is 148 Å². The summed E-state index contributed by atoms with van der Waals surface area (Å²) in [5.41, 5.74) is 0. The van der Waals surface area contributed by atoms with E-state index in [4.69, 9.17) is 18.5 Å². The van der Waals surface area contributed by atoms with Gasteiger partial charge in [-0.3, -0.25) is 18.6 Å². The molecule has 0 aromatic carbocycles. The topological polar surface area (TPSA) is 108 Å². The molecule has 0 saturated heterocycles. The largest absolute Gasteiger partial charge is 0.472 e. The summed E-state index contributed by atoms with van der Waals surface area (Å²) in [6.07, 6.45) is 107. The Hall–Kier alpha value is -3.85. The van der Waals surface area contributed by atoms with Crippen molar-refractivity contribution in [2.24, 2.45) is 0 Å². The van der Waals surface area contributed by atoms with Crippen LogP contribution in [0.5, 0.6) is 0 Å². The molecule has 0 saturated carbocycles. The van der Waals surface area contributed by atoms with Crippen molar-refractivity contribution < 1.29 is 42.1 Å². The monoisotopic (exact) mass is 1330 g/mol. The molecule has 0 rings (SSSR count). The zero-order valence-electron chi connectivity index (χ0n) is 61.7. The van der Waals surface area contributed by atoms with Crippen LogP contribution in [-0.4, -0.2) is 74.9 Å². The molecule has 9 nitrogen and oxygen atoms in total. The smallest absolute Gasteiger partial charge is 0.462 e. The minimum atomic E-state index is -4.40. The van der Waals surface area contributed by atoms with Gasteiger partial charge in [0.1, 0.15) is 19.8 Å². The minimum absolute atomic E-state index is 0.0293. The molecule has 0 aromatic heterocycles. The summed E-state index contributed by atoms with van der Waals surface area (Å²) in [6.45, 7) is 4.24. The van der Waals surface area contributed by atoms with E-state index in [1.807, 2.05) is 21.1 Å². The summed E-state index contributed by atoms with van der Waals surface area (Å²) in [5, 5.41) is 0. The third-order valence-corrected chi connectivity index (χ3v) is 17.7. The second kappa shape index (κ2) is 73.4. The average Bonchev–Trinajstić information content (AvgIpc) is 1.57. The maximum Gasteiger partial charge on any atom is 0.472 e. The quantitative estimate of drug-likeness (QED) is 0.0211. The van der Waals surface area contributed by atoms with Crippen LogP contribution in [0.3, 0.4) is 0 Å².